The summed E-state index contributed by atoms with van der Waals surface area (Å²) in [5, 5.41) is 10.3. The Kier molecular flexibility index (Phi) is 4.39. The molecule has 0 atom stereocenters. The number of aromatic nitrogens is 4. The van der Waals surface area contributed by atoms with E-state index >= 15 is 0 Å². The molecule has 7 heteroatoms. The smallest absolute Gasteiger partial charge is 0.234 e. The van der Waals surface area contributed by atoms with Crippen LogP contribution in [0.4, 0.5) is 5.69 Å². The molecule has 0 saturated heterocycles. The fraction of sp³-hybridized carbons (Fsp3) is 0.385. The summed E-state index contributed by atoms with van der Waals surface area (Å²) in [4.78, 5) is 20.5. The zero-order valence-electron chi connectivity index (χ0n) is 11.9. The number of amides is 1. The summed E-state index contributed by atoms with van der Waals surface area (Å²) in [6.07, 6.45) is 0. The Morgan fingerprint density at radius 1 is 1.25 bits per heavy atom. The lowest BCUT2D eigenvalue weighted by atomic mass is 10.3. The van der Waals surface area contributed by atoms with Gasteiger partial charge in [-0.2, -0.15) is 5.10 Å². The van der Waals surface area contributed by atoms with Crippen LogP contribution in [0.2, 0.25) is 0 Å². The number of H-pyrrole nitrogens is 1. The maximum Gasteiger partial charge on any atom is 0.234 e. The van der Waals surface area contributed by atoms with E-state index < -0.39 is 0 Å². The first-order valence-corrected chi connectivity index (χ1v) is 7.21. The van der Waals surface area contributed by atoms with Crippen LogP contribution in [-0.2, 0) is 4.79 Å². The third-order valence-electron chi connectivity index (χ3n) is 2.69. The summed E-state index contributed by atoms with van der Waals surface area (Å²) >= 11 is 1.33. The lowest BCUT2D eigenvalue weighted by molar-refractivity contribution is -0.113. The zero-order valence-corrected chi connectivity index (χ0v) is 12.8. The first-order chi connectivity index (χ1) is 9.45. The van der Waals surface area contributed by atoms with Crippen molar-refractivity contribution >= 4 is 23.4 Å². The number of aryl methyl sites for hydroxylation is 4. The molecular formula is C13H17N5OS. The third-order valence-corrected chi connectivity index (χ3v) is 3.53. The molecule has 0 aliphatic heterocycles. The molecule has 2 aromatic rings. The van der Waals surface area contributed by atoms with Crippen molar-refractivity contribution in [3.8, 4) is 0 Å². The number of thioether (sulfide) groups is 1. The van der Waals surface area contributed by atoms with Gasteiger partial charge in [0.05, 0.1) is 22.8 Å². The van der Waals surface area contributed by atoms with Crippen molar-refractivity contribution in [2.75, 3.05) is 11.1 Å². The predicted octanol–water partition coefficient (Wildman–Crippen LogP) is 2.16. The van der Waals surface area contributed by atoms with Crippen molar-refractivity contribution < 1.29 is 4.79 Å². The molecule has 0 spiro atoms. The minimum absolute atomic E-state index is 0.0923. The van der Waals surface area contributed by atoms with Gasteiger partial charge in [-0.25, -0.2) is 9.97 Å². The number of anilines is 1. The van der Waals surface area contributed by atoms with Gasteiger partial charge in [0.15, 0.2) is 5.16 Å². The van der Waals surface area contributed by atoms with E-state index in [0.29, 0.717) is 5.16 Å². The van der Waals surface area contributed by atoms with Gasteiger partial charge in [0.25, 0.3) is 0 Å². The highest BCUT2D eigenvalue weighted by molar-refractivity contribution is 7.99. The van der Waals surface area contributed by atoms with Crippen LogP contribution in [0.1, 0.15) is 22.8 Å². The molecule has 106 valence electrons. The van der Waals surface area contributed by atoms with Crippen molar-refractivity contribution in [1.29, 1.82) is 0 Å². The Labute approximate surface area is 121 Å². The van der Waals surface area contributed by atoms with Gasteiger partial charge in [-0.05, 0) is 33.8 Å². The molecule has 2 heterocycles. The summed E-state index contributed by atoms with van der Waals surface area (Å²) in [5.41, 5.74) is 4.19. The molecule has 20 heavy (non-hydrogen) atoms. The largest absolute Gasteiger partial charge is 0.322 e. The van der Waals surface area contributed by atoms with Crippen LogP contribution in [0.3, 0.4) is 0 Å². The molecule has 0 radical (unpaired) electrons. The van der Waals surface area contributed by atoms with Gasteiger partial charge in [0, 0.05) is 11.4 Å². The molecule has 2 rings (SSSR count). The summed E-state index contributed by atoms with van der Waals surface area (Å²) in [7, 11) is 0. The van der Waals surface area contributed by atoms with Crippen molar-refractivity contribution in [2.45, 2.75) is 32.9 Å². The standard InChI is InChI=1S/C13H17N5OS/c1-7-5-8(2)15-13(14-7)20-6-11(19)16-12-9(3)17-18-10(12)4/h5H,6H2,1-4H3,(H,16,19)(H,17,18). The van der Waals surface area contributed by atoms with E-state index in [9.17, 15) is 4.79 Å². The molecule has 0 aliphatic carbocycles. The second-order valence-corrected chi connectivity index (χ2v) is 5.52. The summed E-state index contributed by atoms with van der Waals surface area (Å²) in [5.74, 6) is 0.179. The highest BCUT2D eigenvalue weighted by Crippen LogP contribution is 2.18. The van der Waals surface area contributed by atoms with Gasteiger partial charge in [0.1, 0.15) is 0 Å². The van der Waals surface area contributed by atoms with E-state index in [4.69, 9.17) is 0 Å². The maximum atomic E-state index is 11.9. The van der Waals surface area contributed by atoms with Crippen molar-refractivity contribution in [3.05, 3.63) is 28.8 Å². The van der Waals surface area contributed by atoms with Crippen LogP contribution in [0.25, 0.3) is 0 Å². The van der Waals surface area contributed by atoms with Gasteiger partial charge < -0.3 is 5.32 Å². The fourth-order valence-corrected chi connectivity index (χ4v) is 2.55. The molecule has 0 bridgehead atoms. The highest BCUT2D eigenvalue weighted by atomic mass is 32.2. The highest BCUT2D eigenvalue weighted by Gasteiger charge is 2.11. The molecule has 2 N–H and O–H groups in total. The summed E-state index contributed by atoms with van der Waals surface area (Å²) in [6, 6.07) is 1.91. The van der Waals surface area contributed by atoms with Crippen LogP contribution in [-0.4, -0.2) is 31.8 Å². The van der Waals surface area contributed by atoms with E-state index in [-0.39, 0.29) is 11.7 Å². The van der Waals surface area contributed by atoms with Gasteiger partial charge in [-0.15, -0.1) is 0 Å². The van der Waals surface area contributed by atoms with Gasteiger partial charge in [-0.1, -0.05) is 11.8 Å². The van der Waals surface area contributed by atoms with Gasteiger partial charge in [0.2, 0.25) is 5.91 Å². The lowest BCUT2D eigenvalue weighted by Gasteiger charge is -2.05. The summed E-state index contributed by atoms with van der Waals surface area (Å²) in [6.45, 7) is 7.54. The number of nitrogens with one attached hydrogen (secondary N) is 2. The third kappa shape index (κ3) is 3.57. The topological polar surface area (TPSA) is 83.6 Å². The van der Waals surface area contributed by atoms with Crippen molar-refractivity contribution in [2.24, 2.45) is 0 Å². The number of carbonyl (C=O) groups is 1. The maximum absolute atomic E-state index is 11.9. The van der Waals surface area contributed by atoms with Gasteiger partial charge in [-0.3, -0.25) is 9.89 Å². The zero-order chi connectivity index (χ0) is 14.7. The van der Waals surface area contributed by atoms with Crippen LogP contribution >= 0.6 is 11.8 Å². The Morgan fingerprint density at radius 2 is 1.90 bits per heavy atom. The number of nitrogens with zero attached hydrogens (tertiary/aromatic N) is 3. The molecule has 0 unspecified atom stereocenters. The quantitative estimate of drug-likeness (QED) is 0.666. The molecular weight excluding hydrogens is 274 g/mol. The second kappa shape index (κ2) is 6.04. The Morgan fingerprint density at radius 3 is 2.45 bits per heavy atom. The van der Waals surface area contributed by atoms with E-state index in [1.54, 1.807) is 0 Å². The molecule has 6 nitrogen and oxygen atoms in total. The Hall–Kier alpha value is -1.89. The van der Waals surface area contributed by atoms with Crippen molar-refractivity contribution in [1.82, 2.24) is 20.2 Å². The predicted molar refractivity (Wildman–Crippen MR) is 78.9 cm³/mol. The van der Waals surface area contributed by atoms with Crippen LogP contribution < -0.4 is 5.32 Å². The van der Waals surface area contributed by atoms with E-state index in [0.717, 1.165) is 28.5 Å². The second-order valence-electron chi connectivity index (χ2n) is 4.58. The number of aromatic amines is 1. The molecule has 0 saturated carbocycles. The van der Waals surface area contributed by atoms with Crippen LogP contribution in [0.5, 0.6) is 0 Å². The van der Waals surface area contributed by atoms with Crippen molar-refractivity contribution in [3.63, 3.8) is 0 Å². The van der Waals surface area contributed by atoms with E-state index in [1.165, 1.54) is 11.8 Å². The number of hydrogen-bond donors (Lipinski definition) is 2. The normalized spacial score (nSPS) is 10.6. The van der Waals surface area contributed by atoms with Crippen LogP contribution in [0, 0.1) is 27.7 Å². The number of carbonyl (C=O) groups excluding carboxylic acids is 1. The average molecular weight is 291 g/mol. The molecule has 2 aromatic heterocycles. The first-order valence-electron chi connectivity index (χ1n) is 6.22. The lowest BCUT2D eigenvalue weighted by Crippen LogP contribution is -2.15. The SMILES string of the molecule is Cc1cc(C)nc(SCC(=O)Nc2c(C)n[nH]c2C)n1. The fourth-order valence-electron chi connectivity index (χ4n) is 1.80. The van der Waals surface area contributed by atoms with Crippen LogP contribution in [0.15, 0.2) is 11.2 Å². The number of hydrogen-bond acceptors (Lipinski definition) is 5. The minimum Gasteiger partial charge on any atom is -0.322 e. The Bertz CT molecular complexity index is 598. The monoisotopic (exact) mass is 291 g/mol. The molecule has 1 amide bonds. The molecule has 0 fully saturated rings. The molecule has 0 aliphatic rings. The number of rotatable bonds is 4. The van der Waals surface area contributed by atoms with E-state index in [2.05, 4.69) is 25.5 Å². The molecule has 0 aromatic carbocycles. The Balaban J connectivity index is 1.95. The average Bonchev–Trinajstić information content (AvgIpc) is 2.67. The first kappa shape index (κ1) is 14.5. The van der Waals surface area contributed by atoms with E-state index in [1.807, 2.05) is 33.8 Å². The minimum atomic E-state index is -0.0923. The van der Waals surface area contributed by atoms with Gasteiger partial charge >= 0.3 is 0 Å². The summed E-state index contributed by atoms with van der Waals surface area (Å²) < 4.78 is 0.